The molecule has 0 saturated carbocycles. The van der Waals surface area contributed by atoms with Crippen LogP contribution in [-0.4, -0.2) is 9.81 Å². The molecule has 1 aliphatic rings. The van der Waals surface area contributed by atoms with Gasteiger partial charge in [0.05, 0.1) is 11.2 Å². The van der Waals surface area contributed by atoms with Crippen LogP contribution in [0.4, 0.5) is 0 Å². The van der Waals surface area contributed by atoms with Crippen molar-refractivity contribution < 1.29 is 0 Å². The Labute approximate surface area is 132 Å². The van der Waals surface area contributed by atoms with Gasteiger partial charge in [-0.15, -0.1) is 0 Å². The number of hydrogen-bond acceptors (Lipinski definition) is 1. The van der Waals surface area contributed by atoms with Crippen LogP contribution >= 0.6 is 15.9 Å². The maximum atomic E-state index is 4.92. The molecule has 1 aliphatic carbocycles. The highest BCUT2D eigenvalue weighted by molar-refractivity contribution is 9.09. The molecule has 2 aromatic carbocycles. The van der Waals surface area contributed by atoms with E-state index < -0.39 is 0 Å². The van der Waals surface area contributed by atoms with Gasteiger partial charge in [0.25, 0.3) is 0 Å². The Hall–Kier alpha value is -1.93. The van der Waals surface area contributed by atoms with Gasteiger partial charge in [0.1, 0.15) is 0 Å². The van der Waals surface area contributed by atoms with Crippen molar-refractivity contribution in [3.8, 4) is 0 Å². The minimum atomic E-state index is 0.447. The van der Waals surface area contributed by atoms with Crippen LogP contribution in [-0.2, 0) is 0 Å². The lowest BCUT2D eigenvalue weighted by Crippen LogP contribution is -1.98. The molecule has 1 aromatic heterocycles. The minimum absolute atomic E-state index is 0.447. The van der Waals surface area contributed by atoms with E-state index in [0.717, 1.165) is 17.6 Å². The van der Waals surface area contributed by atoms with E-state index in [1.165, 1.54) is 21.7 Å². The van der Waals surface area contributed by atoms with Crippen LogP contribution in [0.3, 0.4) is 0 Å². The van der Waals surface area contributed by atoms with Crippen molar-refractivity contribution in [1.29, 1.82) is 0 Å². The van der Waals surface area contributed by atoms with Crippen LogP contribution in [0.15, 0.2) is 66.8 Å². The fourth-order valence-corrected chi connectivity index (χ4v) is 3.14. The molecule has 2 heteroatoms. The Morgan fingerprint density at radius 2 is 1.76 bits per heavy atom. The average molecular weight is 336 g/mol. The van der Waals surface area contributed by atoms with Crippen LogP contribution in [0.5, 0.6) is 0 Å². The fourth-order valence-electron chi connectivity index (χ4n) is 2.80. The van der Waals surface area contributed by atoms with Gasteiger partial charge in [-0.25, -0.2) is 4.98 Å². The summed E-state index contributed by atoms with van der Waals surface area (Å²) < 4.78 is 0. The van der Waals surface area contributed by atoms with Crippen molar-refractivity contribution >= 4 is 43.2 Å². The van der Waals surface area contributed by atoms with E-state index >= 15 is 0 Å². The third-order valence-corrected chi connectivity index (χ3v) is 4.61. The summed E-state index contributed by atoms with van der Waals surface area (Å²) in [5.41, 5.74) is 3.34. The summed E-state index contributed by atoms with van der Waals surface area (Å²) in [6, 6.07) is 17.0. The summed E-state index contributed by atoms with van der Waals surface area (Å²) >= 11 is 3.61. The smallest absolute Gasteiger partial charge is 0.0787 e. The van der Waals surface area contributed by atoms with Crippen LogP contribution in [0.25, 0.3) is 27.2 Å². The molecule has 0 aliphatic heterocycles. The van der Waals surface area contributed by atoms with Crippen LogP contribution in [0.1, 0.15) is 12.1 Å². The number of halogens is 1. The van der Waals surface area contributed by atoms with Gasteiger partial charge in [-0.05, 0) is 23.4 Å². The van der Waals surface area contributed by atoms with Crippen molar-refractivity contribution in [3.63, 3.8) is 0 Å². The summed E-state index contributed by atoms with van der Waals surface area (Å²) in [6.45, 7) is 0. The molecular formula is C19H14BrN. The number of allylic oxidation sites excluding steroid dienone is 4. The van der Waals surface area contributed by atoms with Gasteiger partial charge in [-0.3, -0.25) is 0 Å². The summed E-state index contributed by atoms with van der Waals surface area (Å²) in [7, 11) is 0. The normalized spacial score (nSPS) is 18.1. The Balaban J connectivity index is 1.93. The highest BCUT2D eigenvalue weighted by Gasteiger charge is 2.09. The zero-order chi connectivity index (χ0) is 14.2. The van der Waals surface area contributed by atoms with Gasteiger partial charge in [-0.1, -0.05) is 76.6 Å². The van der Waals surface area contributed by atoms with Crippen molar-refractivity contribution in [3.05, 3.63) is 72.5 Å². The number of alkyl halides is 1. The van der Waals surface area contributed by atoms with Crippen molar-refractivity contribution in [2.45, 2.75) is 11.2 Å². The number of rotatable bonds is 1. The van der Waals surface area contributed by atoms with Gasteiger partial charge in [0.2, 0.25) is 0 Å². The molecule has 3 aromatic rings. The van der Waals surface area contributed by atoms with Crippen molar-refractivity contribution in [2.75, 3.05) is 0 Å². The van der Waals surface area contributed by atoms with E-state index in [0.29, 0.717) is 4.83 Å². The number of pyridine rings is 1. The Kier molecular flexibility index (Phi) is 3.12. The molecule has 0 saturated heterocycles. The molecule has 0 N–H and O–H groups in total. The third-order valence-electron chi connectivity index (χ3n) is 3.93. The van der Waals surface area contributed by atoms with E-state index in [9.17, 15) is 0 Å². The SMILES string of the molecule is BrC1C=CC(c2ccc3ccc4ccccc4c3n2)=CC1. The largest absolute Gasteiger partial charge is 0.247 e. The predicted octanol–water partition coefficient (Wildman–Crippen LogP) is 5.49. The summed E-state index contributed by atoms with van der Waals surface area (Å²) in [4.78, 5) is 5.36. The Bertz CT molecular complexity index is 892. The molecule has 1 atom stereocenters. The zero-order valence-corrected chi connectivity index (χ0v) is 13.0. The molecule has 0 fully saturated rings. The van der Waals surface area contributed by atoms with Gasteiger partial charge < -0.3 is 0 Å². The monoisotopic (exact) mass is 335 g/mol. The molecule has 1 heterocycles. The lowest BCUT2D eigenvalue weighted by atomic mass is 10.0. The van der Waals surface area contributed by atoms with Gasteiger partial charge >= 0.3 is 0 Å². The minimum Gasteiger partial charge on any atom is -0.247 e. The predicted molar refractivity (Wildman–Crippen MR) is 93.7 cm³/mol. The molecule has 21 heavy (non-hydrogen) atoms. The number of hydrogen-bond donors (Lipinski definition) is 0. The van der Waals surface area contributed by atoms with Crippen molar-refractivity contribution in [1.82, 2.24) is 4.98 Å². The number of fused-ring (bicyclic) bond motifs is 3. The lowest BCUT2D eigenvalue weighted by Gasteiger charge is -2.11. The van der Waals surface area contributed by atoms with Crippen LogP contribution in [0.2, 0.25) is 0 Å². The summed E-state index contributed by atoms with van der Waals surface area (Å²) in [6.07, 6.45) is 7.60. The van der Waals surface area contributed by atoms with E-state index in [1.54, 1.807) is 0 Å². The van der Waals surface area contributed by atoms with E-state index in [-0.39, 0.29) is 0 Å². The van der Waals surface area contributed by atoms with Crippen LogP contribution < -0.4 is 0 Å². The third kappa shape index (κ3) is 2.30. The van der Waals surface area contributed by atoms with E-state index in [2.05, 4.69) is 82.7 Å². The first kappa shape index (κ1) is 12.8. The molecule has 1 nitrogen and oxygen atoms in total. The molecule has 0 amide bonds. The second kappa shape index (κ2) is 5.12. The van der Waals surface area contributed by atoms with Crippen LogP contribution in [0, 0.1) is 0 Å². The molecular weight excluding hydrogens is 322 g/mol. The highest BCUT2D eigenvalue weighted by atomic mass is 79.9. The number of benzene rings is 2. The molecule has 4 rings (SSSR count). The second-order valence-corrected chi connectivity index (χ2v) is 6.50. The van der Waals surface area contributed by atoms with E-state index in [1.807, 2.05) is 0 Å². The molecule has 0 bridgehead atoms. The maximum Gasteiger partial charge on any atom is 0.0787 e. The zero-order valence-electron chi connectivity index (χ0n) is 11.5. The first-order chi connectivity index (χ1) is 10.3. The Morgan fingerprint density at radius 1 is 0.952 bits per heavy atom. The van der Waals surface area contributed by atoms with Gasteiger partial charge in [0.15, 0.2) is 0 Å². The summed E-state index contributed by atoms with van der Waals surface area (Å²) in [5.74, 6) is 0. The molecule has 0 radical (unpaired) electrons. The topological polar surface area (TPSA) is 12.9 Å². The van der Waals surface area contributed by atoms with E-state index in [4.69, 9.17) is 4.98 Å². The van der Waals surface area contributed by atoms with Crippen molar-refractivity contribution in [2.24, 2.45) is 0 Å². The van der Waals surface area contributed by atoms with Gasteiger partial charge in [-0.2, -0.15) is 0 Å². The highest BCUT2D eigenvalue weighted by Crippen LogP contribution is 2.28. The Morgan fingerprint density at radius 3 is 2.62 bits per heavy atom. The molecule has 1 unspecified atom stereocenters. The molecule has 0 spiro atoms. The number of nitrogens with zero attached hydrogens (tertiary/aromatic N) is 1. The lowest BCUT2D eigenvalue weighted by molar-refractivity contribution is 1.08. The first-order valence-corrected chi connectivity index (χ1v) is 8.04. The maximum absolute atomic E-state index is 4.92. The summed E-state index contributed by atoms with van der Waals surface area (Å²) in [5, 5.41) is 3.65. The first-order valence-electron chi connectivity index (χ1n) is 7.12. The average Bonchev–Trinajstić information content (AvgIpc) is 2.55. The second-order valence-electron chi connectivity index (χ2n) is 5.33. The fraction of sp³-hybridized carbons (Fsp3) is 0.105. The number of aromatic nitrogens is 1. The van der Waals surface area contributed by atoms with Gasteiger partial charge in [0, 0.05) is 15.6 Å². The quantitative estimate of drug-likeness (QED) is 0.423. The standard InChI is InChI=1S/C19H14BrN/c20-16-10-7-14(8-11-16)18-12-9-15-6-5-13-3-1-2-4-17(13)19(15)21-18/h1-10,12,16H,11H2. The molecule has 102 valence electrons.